The molecular formula is C58H72F2N8O4S2. The summed E-state index contributed by atoms with van der Waals surface area (Å²) in [5.41, 5.74) is 16.0. The lowest BCUT2D eigenvalue weighted by Gasteiger charge is -2.29. The van der Waals surface area contributed by atoms with E-state index in [9.17, 15) is 25.6 Å². The Morgan fingerprint density at radius 3 is 1.72 bits per heavy atom. The van der Waals surface area contributed by atoms with Gasteiger partial charge in [-0.05, 0) is 183 Å². The van der Waals surface area contributed by atoms with Crippen LogP contribution in [0, 0.1) is 25.5 Å². The summed E-state index contributed by atoms with van der Waals surface area (Å²) >= 11 is 0. The predicted molar refractivity (Wildman–Crippen MR) is 297 cm³/mol. The van der Waals surface area contributed by atoms with Crippen molar-refractivity contribution >= 4 is 37.4 Å². The summed E-state index contributed by atoms with van der Waals surface area (Å²) in [6.45, 7) is 27.3. The fraction of sp³-hybridized carbons (Fsp3) is 0.345. The molecule has 12 nitrogen and oxygen atoms in total. The molecule has 0 amide bonds. The number of anilines is 2. The van der Waals surface area contributed by atoms with Gasteiger partial charge in [-0.25, -0.2) is 45.0 Å². The van der Waals surface area contributed by atoms with Crippen LogP contribution in [0.5, 0.6) is 0 Å². The van der Waals surface area contributed by atoms with Crippen LogP contribution in [0.15, 0.2) is 153 Å². The molecule has 0 radical (unpaired) electrons. The molecule has 74 heavy (non-hydrogen) atoms. The molecule has 0 unspecified atom stereocenters. The second kappa shape index (κ2) is 23.3. The topological polar surface area (TPSA) is 174 Å². The SMILES string of the molecule is CC(C)(C)NS(=O)(=O)c1ccc(N)cc1.CC(C)(C)c1ccc(F)cc1F.CC(C)(C)n1c(-c2ccccc2)cc2c1CCc1ccccc1-2.Cc1cc(C)nc(NS(=O)(=O)c2ccc(N=NC(C)(C)C)cc2)n1. The van der Waals surface area contributed by atoms with Crippen molar-refractivity contribution in [2.24, 2.45) is 10.2 Å². The average Bonchev–Trinajstić information content (AvgIpc) is 3.69. The van der Waals surface area contributed by atoms with Gasteiger partial charge in [-0.2, -0.15) is 10.2 Å². The number of sulfonamides is 2. The van der Waals surface area contributed by atoms with Gasteiger partial charge < -0.3 is 10.3 Å². The quantitative estimate of drug-likeness (QED) is 0.105. The van der Waals surface area contributed by atoms with E-state index in [2.05, 4.69) is 116 Å². The Balaban J connectivity index is 0.000000189. The summed E-state index contributed by atoms with van der Waals surface area (Å²) in [7, 11) is -7.19. The van der Waals surface area contributed by atoms with Crippen molar-refractivity contribution < 1.29 is 25.6 Å². The standard InChI is InChI=1S/C22H23N.C16H21N5O2S.C10H12F2.C10H16N2O2S/c1-22(2,3)23-20-14-13-16-9-7-8-12-18(16)19(20)15-21(23)17-10-5-4-6-11-17;1-11-10-12(2)18-15(17-11)20-24(22,23)14-8-6-13(7-9-14)19-21-16(3,4)5;1-10(2,3)8-5-4-7(11)6-9(8)12;1-10(2,3)12-15(13,14)9-6-4-8(11)5-7-9/h4-12,15H,13-14H2,1-3H3;6-10H,1-5H3,(H,17,18,20);4-6H,1-3H3;4-7,12H,11H2,1-3H3. The lowest BCUT2D eigenvalue weighted by Crippen LogP contribution is -2.40. The van der Waals surface area contributed by atoms with Crippen LogP contribution in [-0.2, 0) is 43.8 Å². The average molecular weight is 1050 g/mol. The molecule has 8 rings (SSSR count). The Labute approximate surface area is 438 Å². The van der Waals surface area contributed by atoms with Crippen molar-refractivity contribution in [1.82, 2.24) is 19.3 Å². The van der Waals surface area contributed by atoms with Crippen molar-refractivity contribution in [3.63, 3.8) is 0 Å². The van der Waals surface area contributed by atoms with E-state index in [4.69, 9.17) is 5.73 Å². The van der Waals surface area contributed by atoms with Crippen LogP contribution in [0.1, 0.15) is 111 Å². The van der Waals surface area contributed by atoms with Gasteiger partial charge in [0, 0.05) is 51.2 Å². The molecule has 0 spiro atoms. The lowest BCUT2D eigenvalue weighted by atomic mass is 9.87. The third kappa shape index (κ3) is 16.7. The Morgan fingerprint density at radius 1 is 0.622 bits per heavy atom. The number of aromatic nitrogens is 3. The molecule has 7 aromatic rings. The normalized spacial score (nSPS) is 12.8. The molecule has 1 aliphatic carbocycles. The highest BCUT2D eigenvalue weighted by Gasteiger charge is 2.28. The molecule has 2 aromatic heterocycles. The Hall–Kier alpha value is -6.62. The van der Waals surface area contributed by atoms with E-state index in [1.807, 2.05) is 41.5 Å². The summed E-state index contributed by atoms with van der Waals surface area (Å²) in [5, 5.41) is 8.24. The number of azo groups is 1. The van der Waals surface area contributed by atoms with Gasteiger partial charge in [-0.1, -0.05) is 81.4 Å². The second-order valence-corrected chi connectivity index (χ2v) is 25.5. The van der Waals surface area contributed by atoms with Gasteiger partial charge in [-0.15, -0.1) is 0 Å². The summed E-state index contributed by atoms with van der Waals surface area (Å²) in [5.74, 6) is -0.938. The minimum atomic E-state index is -3.75. The molecule has 16 heteroatoms. The van der Waals surface area contributed by atoms with Gasteiger partial charge in [0.1, 0.15) is 11.6 Å². The number of hydrogen-bond donors (Lipinski definition) is 3. The predicted octanol–water partition coefficient (Wildman–Crippen LogP) is 14.1. The number of benzene rings is 5. The summed E-state index contributed by atoms with van der Waals surface area (Å²) in [6.07, 6.45) is 2.26. The van der Waals surface area contributed by atoms with Crippen molar-refractivity contribution in [3.05, 3.63) is 173 Å². The third-order valence-electron chi connectivity index (χ3n) is 11.0. The van der Waals surface area contributed by atoms with Crippen molar-refractivity contribution in [3.8, 4) is 22.4 Å². The molecule has 0 saturated heterocycles. The molecule has 0 saturated carbocycles. The van der Waals surface area contributed by atoms with Crippen LogP contribution in [0.4, 0.5) is 26.1 Å². The Bertz CT molecular complexity index is 3260. The first kappa shape index (κ1) is 58.3. The van der Waals surface area contributed by atoms with E-state index >= 15 is 0 Å². The number of halogens is 2. The number of aryl methyl sites for hydroxylation is 3. The van der Waals surface area contributed by atoms with Gasteiger partial charge in [0.05, 0.1) is 21.0 Å². The zero-order valence-electron chi connectivity index (χ0n) is 45.1. The number of rotatable bonds is 7. The smallest absolute Gasteiger partial charge is 0.264 e. The zero-order chi connectivity index (χ0) is 55.0. The first-order chi connectivity index (χ1) is 34.2. The Kier molecular flexibility index (Phi) is 18.3. The van der Waals surface area contributed by atoms with Gasteiger partial charge >= 0.3 is 0 Å². The monoisotopic (exact) mass is 1050 g/mol. The maximum atomic E-state index is 13.1. The highest BCUT2D eigenvalue weighted by atomic mass is 32.2. The summed E-state index contributed by atoms with van der Waals surface area (Å²) in [6, 6.07) is 39.8. The van der Waals surface area contributed by atoms with Crippen molar-refractivity contribution in [2.75, 3.05) is 10.5 Å². The number of nitrogens with two attached hydrogens (primary N) is 1. The largest absolute Gasteiger partial charge is 0.399 e. The Morgan fingerprint density at radius 2 is 1.18 bits per heavy atom. The summed E-state index contributed by atoms with van der Waals surface area (Å²) < 4.78 is 81.5. The van der Waals surface area contributed by atoms with E-state index < -0.39 is 37.2 Å². The molecule has 0 atom stereocenters. The van der Waals surface area contributed by atoms with Crippen LogP contribution in [0.25, 0.3) is 22.4 Å². The van der Waals surface area contributed by atoms with E-state index in [-0.39, 0.29) is 32.2 Å². The first-order valence-electron chi connectivity index (χ1n) is 24.3. The minimum absolute atomic E-state index is 0.0593. The van der Waals surface area contributed by atoms with Crippen LogP contribution in [0.2, 0.25) is 0 Å². The van der Waals surface area contributed by atoms with E-state index in [1.54, 1.807) is 65.0 Å². The number of hydrogen-bond acceptors (Lipinski definition) is 9. The zero-order valence-corrected chi connectivity index (χ0v) is 46.8. The van der Waals surface area contributed by atoms with Gasteiger partial charge in [0.25, 0.3) is 10.0 Å². The second-order valence-electron chi connectivity index (χ2n) is 22.2. The number of nitrogens with zero attached hydrogens (tertiary/aromatic N) is 5. The van der Waals surface area contributed by atoms with E-state index in [0.717, 1.165) is 18.9 Å². The molecule has 1 aliphatic rings. The van der Waals surface area contributed by atoms with Gasteiger partial charge in [0.15, 0.2) is 0 Å². The molecular weight excluding hydrogens is 975 g/mol. The van der Waals surface area contributed by atoms with Crippen LogP contribution >= 0.6 is 0 Å². The third-order valence-corrected chi connectivity index (χ3v) is 14.1. The number of nitrogens with one attached hydrogen (secondary N) is 2. The van der Waals surface area contributed by atoms with E-state index in [0.29, 0.717) is 28.3 Å². The molecule has 394 valence electrons. The molecule has 2 heterocycles. The molecule has 5 aromatic carbocycles. The minimum Gasteiger partial charge on any atom is -0.399 e. The maximum absolute atomic E-state index is 13.1. The fourth-order valence-electron chi connectivity index (χ4n) is 7.93. The maximum Gasteiger partial charge on any atom is 0.264 e. The lowest BCUT2D eigenvalue weighted by molar-refractivity contribution is 0.390. The van der Waals surface area contributed by atoms with Crippen molar-refractivity contribution in [1.29, 1.82) is 0 Å². The first-order valence-corrected chi connectivity index (χ1v) is 27.3. The van der Waals surface area contributed by atoms with Gasteiger partial charge in [-0.3, -0.25) is 0 Å². The van der Waals surface area contributed by atoms with Gasteiger partial charge in [0.2, 0.25) is 16.0 Å². The molecule has 0 fully saturated rings. The highest BCUT2D eigenvalue weighted by Crippen LogP contribution is 2.41. The van der Waals surface area contributed by atoms with Crippen LogP contribution in [-0.4, -0.2) is 42.4 Å². The fourth-order valence-corrected chi connectivity index (χ4v) is 10.3. The molecule has 0 bridgehead atoms. The highest BCUT2D eigenvalue weighted by molar-refractivity contribution is 7.92. The van der Waals surface area contributed by atoms with Crippen molar-refractivity contribution in [2.45, 2.75) is 142 Å². The summed E-state index contributed by atoms with van der Waals surface area (Å²) in [4.78, 5) is 8.51. The molecule has 4 N–H and O–H groups in total. The number of nitrogen functional groups attached to an aromatic ring is 1. The molecule has 0 aliphatic heterocycles. The van der Waals surface area contributed by atoms with E-state index in [1.165, 1.54) is 70.0 Å². The van der Waals surface area contributed by atoms with Crippen LogP contribution in [0.3, 0.4) is 0 Å². The van der Waals surface area contributed by atoms with Crippen LogP contribution < -0.4 is 15.2 Å². The number of fused-ring (bicyclic) bond motifs is 3.